The minimum atomic E-state index is -1.62. The lowest BCUT2D eigenvalue weighted by molar-refractivity contribution is -0.198. The Labute approximate surface area is 219 Å². The Morgan fingerprint density at radius 3 is 1.81 bits per heavy atom. The molecule has 2 atom stereocenters. The summed E-state index contributed by atoms with van der Waals surface area (Å²) in [5.41, 5.74) is -1.62. The second-order valence-corrected chi connectivity index (χ2v) is 10.2. The van der Waals surface area contributed by atoms with Crippen LogP contribution in [0.1, 0.15) is 136 Å². The fourth-order valence-electron chi connectivity index (χ4n) is 4.94. The molecular weight excluding hydrogens is 456 g/mol. The van der Waals surface area contributed by atoms with E-state index in [9.17, 15) is 14.4 Å². The maximum Gasteiger partial charge on any atom is 0.351 e. The van der Waals surface area contributed by atoms with Gasteiger partial charge in [-0.1, -0.05) is 110 Å². The summed E-state index contributed by atoms with van der Waals surface area (Å²) in [5, 5.41) is 0. The average molecular weight is 509 g/mol. The second kappa shape index (κ2) is 20.2. The van der Waals surface area contributed by atoms with Gasteiger partial charge in [-0.05, 0) is 32.1 Å². The van der Waals surface area contributed by atoms with Gasteiger partial charge < -0.3 is 14.2 Å². The van der Waals surface area contributed by atoms with Crippen molar-refractivity contribution in [1.82, 2.24) is 0 Å². The van der Waals surface area contributed by atoms with Crippen LogP contribution >= 0.6 is 0 Å². The molecular formula is C30H52O6. The maximum atomic E-state index is 13.2. The third kappa shape index (κ3) is 12.4. The van der Waals surface area contributed by atoms with Gasteiger partial charge >= 0.3 is 17.9 Å². The lowest BCUT2D eigenvalue weighted by Gasteiger charge is -2.39. The van der Waals surface area contributed by atoms with Gasteiger partial charge in [0.15, 0.2) is 0 Å². The summed E-state index contributed by atoms with van der Waals surface area (Å²) in [4.78, 5) is 38.3. The zero-order chi connectivity index (χ0) is 26.5. The molecule has 0 radical (unpaired) electrons. The third-order valence-electron chi connectivity index (χ3n) is 7.16. The van der Waals surface area contributed by atoms with Crippen LogP contribution in [0.25, 0.3) is 0 Å². The highest BCUT2D eigenvalue weighted by Crippen LogP contribution is 2.39. The predicted octanol–water partition coefficient (Wildman–Crippen LogP) is 7.62. The highest BCUT2D eigenvalue weighted by molar-refractivity contribution is 5.92. The SMILES string of the molecule is C=CC(=O)OC1(C(=O)OCCCCCC)CCCCC1C(=O)OCCCCCCCCCCCCC. The maximum absolute atomic E-state index is 13.2. The first-order valence-electron chi connectivity index (χ1n) is 14.7. The van der Waals surface area contributed by atoms with Crippen LogP contribution in [-0.4, -0.2) is 36.7 Å². The number of carbonyl (C=O) groups excluding carboxylic acids is 3. The molecule has 0 aromatic heterocycles. The van der Waals surface area contributed by atoms with Crippen molar-refractivity contribution < 1.29 is 28.6 Å². The van der Waals surface area contributed by atoms with Crippen molar-refractivity contribution in [3.63, 3.8) is 0 Å². The quantitative estimate of drug-likeness (QED) is 0.0686. The van der Waals surface area contributed by atoms with E-state index in [1.54, 1.807) is 0 Å². The molecule has 0 N–H and O–H groups in total. The van der Waals surface area contributed by atoms with Gasteiger partial charge in [-0.15, -0.1) is 0 Å². The Balaban J connectivity index is 2.49. The lowest BCUT2D eigenvalue weighted by Crippen LogP contribution is -2.55. The van der Waals surface area contributed by atoms with Gasteiger partial charge in [-0.25, -0.2) is 9.59 Å². The molecule has 1 aliphatic rings. The van der Waals surface area contributed by atoms with Crippen molar-refractivity contribution in [2.75, 3.05) is 13.2 Å². The van der Waals surface area contributed by atoms with Crippen LogP contribution in [0, 0.1) is 5.92 Å². The number of rotatable bonds is 21. The van der Waals surface area contributed by atoms with Crippen LogP contribution < -0.4 is 0 Å². The predicted molar refractivity (Wildman–Crippen MR) is 143 cm³/mol. The topological polar surface area (TPSA) is 78.9 Å². The van der Waals surface area contributed by atoms with Crippen molar-refractivity contribution >= 4 is 17.9 Å². The van der Waals surface area contributed by atoms with Crippen molar-refractivity contribution in [2.45, 2.75) is 141 Å². The minimum absolute atomic E-state index is 0.257. The van der Waals surface area contributed by atoms with E-state index in [4.69, 9.17) is 14.2 Å². The van der Waals surface area contributed by atoms with Gasteiger partial charge in [0.05, 0.1) is 13.2 Å². The van der Waals surface area contributed by atoms with Gasteiger partial charge in [-0.2, -0.15) is 0 Å². The Bertz CT molecular complexity index is 631. The molecule has 0 saturated heterocycles. The van der Waals surface area contributed by atoms with E-state index < -0.39 is 29.4 Å². The number of unbranched alkanes of at least 4 members (excludes halogenated alkanes) is 13. The van der Waals surface area contributed by atoms with E-state index in [1.807, 2.05) is 0 Å². The Morgan fingerprint density at radius 2 is 1.25 bits per heavy atom. The zero-order valence-electron chi connectivity index (χ0n) is 23.2. The van der Waals surface area contributed by atoms with Gasteiger partial charge in [0.2, 0.25) is 5.60 Å². The van der Waals surface area contributed by atoms with Gasteiger partial charge in [0.1, 0.15) is 5.92 Å². The van der Waals surface area contributed by atoms with Gasteiger partial charge in [0, 0.05) is 6.08 Å². The van der Waals surface area contributed by atoms with Crippen molar-refractivity contribution in [3.05, 3.63) is 12.7 Å². The van der Waals surface area contributed by atoms with Crippen molar-refractivity contribution in [2.24, 2.45) is 5.92 Å². The van der Waals surface area contributed by atoms with Crippen molar-refractivity contribution in [3.8, 4) is 0 Å². The molecule has 6 nitrogen and oxygen atoms in total. The molecule has 0 aromatic carbocycles. The largest absolute Gasteiger partial charge is 0.465 e. The highest BCUT2D eigenvalue weighted by Gasteiger charge is 2.55. The van der Waals surface area contributed by atoms with E-state index in [-0.39, 0.29) is 13.0 Å². The van der Waals surface area contributed by atoms with E-state index in [0.29, 0.717) is 19.4 Å². The summed E-state index contributed by atoms with van der Waals surface area (Å²) in [6.45, 7) is 8.39. The fraction of sp³-hybridized carbons (Fsp3) is 0.833. The zero-order valence-corrected chi connectivity index (χ0v) is 23.2. The molecule has 0 amide bonds. The molecule has 0 aromatic rings. The Hall–Kier alpha value is -1.85. The number of carbonyl (C=O) groups is 3. The summed E-state index contributed by atoms with van der Waals surface area (Å²) in [7, 11) is 0. The monoisotopic (exact) mass is 508 g/mol. The summed E-state index contributed by atoms with van der Waals surface area (Å²) in [6, 6.07) is 0. The van der Waals surface area contributed by atoms with Crippen LogP contribution in [0.4, 0.5) is 0 Å². The Morgan fingerprint density at radius 1 is 0.750 bits per heavy atom. The summed E-state index contributed by atoms with van der Waals surface area (Å²) in [5.74, 6) is -2.67. The molecule has 208 valence electrons. The molecule has 0 heterocycles. The molecule has 0 bridgehead atoms. The van der Waals surface area contributed by atoms with Crippen LogP contribution in [0.3, 0.4) is 0 Å². The van der Waals surface area contributed by atoms with E-state index in [1.165, 1.54) is 51.4 Å². The average Bonchev–Trinajstić information content (AvgIpc) is 2.89. The molecule has 1 aliphatic carbocycles. The fourth-order valence-corrected chi connectivity index (χ4v) is 4.94. The standard InChI is InChI=1S/C30H52O6/c1-4-7-9-11-12-13-14-15-16-17-21-24-34-28(32)26-22-18-19-23-30(26,36-27(31)6-3)29(33)35-25-20-10-8-5-2/h6,26H,3-5,7-25H2,1-2H3. The molecule has 1 fully saturated rings. The van der Waals surface area contributed by atoms with Crippen molar-refractivity contribution in [1.29, 1.82) is 0 Å². The van der Waals surface area contributed by atoms with Gasteiger partial charge in [-0.3, -0.25) is 4.79 Å². The highest BCUT2D eigenvalue weighted by atomic mass is 16.6. The number of hydrogen-bond acceptors (Lipinski definition) is 6. The summed E-state index contributed by atoms with van der Waals surface area (Å²) >= 11 is 0. The van der Waals surface area contributed by atoms with Gasteiger partial charge in [0.25, 0.3) is 0 Å². The molecule has 1 saturated carbocycles. The molecule has 0 aliphatic heterocycles. The van der Waals surface area contributed by atoms with Crippen LogP contribution in [0.15, 0.2) is 12.7 Å². The Kier molecular flexibility index (Phi) is 18.1. The van der Waals surface area contributed by atoms with Crippen LogP contribution in [-0.2, 0) is 28.6 Å². The van der Waals surface area contributed by atoms with E-state index >= 15 is 0 Å². The lowest BCUT2D eigenvalue weighted by atomic mass is 9.75. The molecule has 36 heavy (non-hydrogen) atoms. The minimum Gasteiger partial charge on any atom is -0.465 e. The first-order valence-corrected chi connectivity index (χ1v) is 14.7. The summed E-state index contributed by atoms with van der Waals surface area (Å²) < 4.78 is 16.7. The second-order valence-electron chi connectivity index (χ2n) is 10.2. The first-order chi connectivity index (χ1) is 17.5. The van der Waals surface area contributed by atoms with E-state index in [2.05, 4.69) is 20.4 Å². The molecule has 2 unspecified atom stereocenters. The smallest absolute Gasteiger partial charge is 0.351 e. The summed E-state index contributed by atoms with van der Waals surface area (Å²) in [6.07, 6.45) is 20.5. The molecule has 6 heteroatoms. The third-order valence-corrected chi connectivity index (χ3v) is 7.16. The first kappa shape index (κ1) is 32.2. The van der Waals surface area contributed by atoms with E-state index in [0.717, 1.165) is 57.4 Å². The molecule has 0 spiro atoms. The number of ether oxygens (including phenoxy) is 3. The molecule has 1 rings (SSSR count). The van der Waals surface area contributed by atoms with Crippen LogP contribution in [0.5, 0.6) is 0 Å². The number of esters is 3. The van der Waals surface area contributed by atoms with Crippen LogP contribution in [0.2, 0.25) is 0 Å². The normalized spacial score (nSPS) is 19.4. The number of hydrogen-bond donors (Lipinski definition) is 0.